The van der Waals surface area contributed by atoms with E-state index < -0.39 is 15.8 Å². The number of nitrogens with one attached hydrogen (secondary N) is 1. The van der Waals surface area contributed by atoms with Crippen LogP contribution in [0.4, 0.5) is 4.39 Å². The smallest absolute Gasteiger partial charge is 0.240 e. The standard InChI is InChI=1S/C12H13ClFN3O2S/c1-9(8-17-6-2-5-15-17)16-20(18,19)10-3-4-12(14)11(13)7-10/h2-7,9,16H,8H2,1H3/t9-/m1/s1. The van der Waals surface area contributed by atoms with Crippen molar-refractivity contribution in [1.82, 2.24) is 14.5 Å². The van der Waals surface area contributed by atoms with E-state index in [0.717, 1.165) is 12.1 Å². The molecule has 2 aromatic rings. The number of rotatable bonds is 5. The van der Waals surface area contributed by atoms with E-state index in [2.05, 4.69) is 9.82 Å². The molecule has 0 radical (unpaired) electrons. The van der Waals surface area contributed by atoms with Crippen LogP contribution in [0.25, 0.3) is 0 Å². The first-order chi connectivity index (χ1) is 9.38. The monoisotopic (exact) mass is 317 g/mol. The van der Waals surface area contributed by atoms with Crippen molar-refractivity contribution in [3.8, 4) is 0 Å². The molecule has 1 N–H and O–H groups in total. The first-order valence-corrected chi connectivity index (χ1v) is 7.69. The van der Waals surface area contributed by atoms with Gasteiger partial charge in [-0.15, -0.1) is 0 Å². The summed E-state index contributed by atoms with van der Waals surface area (Å²) in [4.78, 5) is -0.0729. The van der Waals surface area contributed by atoms with E-state index in [1.54, 1.807) is 30.1 Å². The highest BCUT2D eigenvalue weighted by Crippen LogP contribution is 2.19. The molecule has 5 nitrogen and oxygen atoms in total. The number of benzene rings is 1. The predicted molar refractivity (Wildman–Crippen MR) is 73.4 cm³/mol. The van der Waals surface area contributed by atoms with Crippen LogP contribution in [0.5, 0.6) is 0 Å². The third-order valence-electron chi connectivity index (χ3n) is 2.58. The molecule has 1 aromatic heterocycles. The lowest BCUT2D eigenvalue weighted by Gasteiger charge is -2.14. The first-order valence-electron chi connectivity index (χ1n) is 5.83. The molecule has 0 spiro atoms. The lowest BCUT2D eigenvalue weighted by atomic mass is 10.3. The summed E-state index contributed by atoms with van der Waals surface area (Å²) in [6.45, 7) is 2.10. The van der Waals surface area contributed by atoms with Gasteiger partial charge in [-0.1, -0.05) is 11.6 Å². The van der Waals surface area contributed by atoms with Crippen molar-refractivity contribution < 1.29 is 12.8 Å². The van der Waals surface area contributed by atoms with Crippen LogP contribution < -0.4 is 4.72 Å². The minimum Gasteiger partial charge on any atom is -0.271 e. The molecule has 0 unspecified atom stereocenters. The van der Waals surface area contributed by atoms with Gasteiger partial charge in [-0.25, -0.2) is 17.5 Å². The van der Waals surface area contributed by atoms with E-state index in [-0.39, 0.29) is 16.0 Å². The van der Waals surface area contributed by atoms with Crippen LogP contribution in [0, 0.1) is 5.82 Å². The molecule has 1 heterocycles. The number of hydrogen-bond acceptors (Lipinski definition) is 3. The normalized spacial score (nSPS) is 13.3. The molecule has 0 aliphatic heterocycles. The summed E-state index contributed by atoms with van der Waals surface area (Å²) >= 11 is 5.59. The van der Waals surface area contributed by atoms with E-state index in [4.69, 9.17) is 11.6 Å². The Morgan fingerprint density at radius 3 is 2.85 bits per heavy atom. The fourth-order valence-corrected chi connectivity index (χ4v) is 3.21. The molecule has 0 fully saturated rings. The Balaban J connectivity index is 2.12. The van der Waals surface area contributed by atoms with Crippen LogP contribution in [0.2, 0.25) is 5.02 Å². The van der Waals surface area contributed by atoms with Crippen molar-refractivity contribution in [2.24, 2.45) is 0 Å². The second kappa shape index (κ2) is 5.90. The fourth-order valence-electron chi connectivity index (χ4n) is 1.70. The first kappa shape index (κ1) is 15.0. The molecule has 0 bridgehead atoms. The number of sulfonamides is 1. The van der Waals surface area contributed by atoms with Gasteiger partial charge < -0.3 is 0 Å². The second-order valence-corrected chi connectivity index (χ2v) is 6.45. The molecule has 0 saturated heterocycles. The minimum atomic E-state index is -3.74. The van der Waals surface area contributed by atoms with Crippen LogP contribution in [0.15, 0.2) is 41.6 Å². The zero-order chi connectivity index (χ0) is 14.8. The average Bonchev–Trinajstić information content (AvgIpc) is 2.84. The van der Waals surface area contributed by atoms with Crippen LogP contribution in [0.3, 0.4) is 0 Å². The van der Waals surface area contributed by atoms with Gasteiger partial charge in [-0.3, -0.25) is 4.68 Å². The number of hydrogen-bond donors (Lipinski definition) is 1. The Morgan fingerprint density at radius 1 is 1.50 bits per heavy atom. The molecule has 108 valence electrons. The summed E-state index contributed by atoms with van der Waals surface area (Å²) in [7, 11) is -3.74. The molecule has 8 heteroatoms. The highest BCUT2D eigenvalue weighted by molar-refractivity contribution is 7.89. The Labute approximate surface area is 121 Å². The van der Waals surface area contributed by atoms with Gasteiger partial charge in [0.25, 0.3) is 0 Å². The van der Waals surface area contributed by atoms with Gasteiger partial charge in [0, 0.05) is 18.4 Å². The molecule has 1 aromatic carbocycles. The summed E-state index contributed by atoms with van der Waals surface area (Å²) in [5, 5.41) is 3.77. The van der Waals surface area contributed by atoms with Gasteiger partial charge >= 0.3 is 0 Å². The van der Waals surface area contributed by atoms with Crippen LogP contribution in [-0.4, -0.2) is 24.2 Å². The van der Waals surface area contributed by atoms with Gasteiger partial charge in [0.1, 0.15) is 5.82 Å². The predicted octanol–water partition coefficient (Wildman–Crippen LogP) is 2.04. The number of aromatic nitrogens is 2. The molecular formula is C12H13ClFN3O2S. The molecule has 20 heavy (non-hydrogen) atoms. The lowest BCUT2D eigenvalue weighted by Crippen LogP contribution is -2.35. The van der Waals surface area contributed by atoms with Gasteiger partial charge in [0.2, 0.25) is 10.0 Å². The maximum Gasteiger partial charge on any atom is 0.240 e. The van der Waals surface area contributed by atoms with Crippen molar-refractivity contribution >= 4 is 21.6 Å². The Kier molecular flexibility index (Phi) is 4.42. The summed E-state index contributed by atoms with van der Waals surface area (Å²) in [6.07, 6.45) is 3.35. The van der Waals surface area contributed by atoms with Gasteiger partial charge in [0.15, 0.2) is 0 Å². The highest BCUT2D eigenvalue weighted by atomic mass is 35.5. The molecule has 0 saturated carbocycles. The average molecular weight is 318 g/mol. The maximum absolute atomic E-state index is 13.0. The number of halogens is 2. The van der Waals surface area contributed by atoms with E-state index in [0.29, 0.717) is 6.54 Å². The zero-order valence-electron chi connectivity index (χ0n) is 10.6. The summed E-state index contributed by atoms with van der Waals surface area (Å²) in [5.74, 6) is -0.657. The van der Waals surface area contributed by atoms with Crippen molar-refractivity contribution in [3.05, 3.63) is 47.5 Å². The minimum absolute atomic E-state index is 0.0729. The Morgan fingerprint density at radius 2 is 2.25 bits per heavy atom. The quantitative estimate of drug-likeness (QED) is 0.918. The van der Waals surface area contributed by atoms with Gasteiger partial charge in [-0.05, 0) is 31.2 Å². The zero-order valence-corrected chi connectivity index (χ0v) is 12.2. The number of nitrogens with zero attached hydrogens (tertiary/aromatic N) is 2. The van der Waals surface area contributed by atoms with Crippen LogP contribution in [0.1, 0.15) is 6.92 Å². The van der Waals surface area contributed by atoms with E-state index in [1.165, 1.54) is 6.07 Å². The highest BCUT2D eigenvalue weighted by Gasteiger charge is 2.19. The maximum atomic E-state index is 13.0. The lowest BCUT2D eigenvalue weighted by molar-refractivity contribution is 0.494. The third-order valence-corrected chi connectivity index (χ3v) is 4.45. The molecule has 2 rings (SSSR count). The molecule has 0 aliphatic rings. The molecule has 0 aliphatic carbocycles. The Bertz CT molecular complexity index is 689. The van der Waals surface area contributed by atoms with Gasteiger partial charge in [0.05, 0.1) is 16.5 Å². The van der Waals surface area contributed by atoms with Crippen molar-refractivity contribution in [3.63, 3.8) is 0 Å². The summed E-state index contributed by atoms with van der Waals surface area (Å²) < 4.78 is 41.4. The van der Waals surface area contributed by atoms with Crippen molar-refractivity contribution in [2.45, 2.75) is 24.4 Å². The fraction of sp³-hybridized carbons (Fsp3) is 0.250. The SMILES string of the molecule is C[C@H](Cn1cccn1)NS(=O)(=O)c1ccc(F)c(Cl)c1. The Hall–Kier alpha value is -1.44. The topological polar surface area (TPSA) is 64.0 Å². The van der Waals surface area contributed by atoms with Crippen LogP contribution >= 0.6 is 11.6 Å². The summed E-state index contributed by atoms with van der Waals surface area (Å²) in [6, 6.07) is 4.66. The second-order valence-electron chi connectivity index (χ2n) is 4.33. The molecular weight excluding hydrogens is 305 g/mol. The van der Waals surface area contributed by atoms with E-state index in [9.17, 15) is 12.8 Å². The third kappa shape index (κ3) is 3.56. The molecule has 0 amide bonds. The van der Waals surface area contributed by atoms with Crippen molar-refractivity contribution in [1.29, 1.82) is 0 Å². The largest absolute Gasteiger partial charge is 0.271 e. The van der Waals surface area contributed by atoms with E-state index in [1.807, 2.05) is 0 Å². The van der Waals surface area contributed by atoms with Gasteiger partial charge in [-0.2, -0.15) is 5.10 Å². The van der Waals surface area contributed by atoms with E-state index >= 15 is 0 Å². The summed E-state index contributed by atoms with van der Waals surface area (Å²) in [5.41, 5.74) is 0. The van der Waals surface area contributed by atoms with Crippen LogP contribution in [-0.2, 0) is 16.6 Å². The molecule has 1 atom stereocenters. The van der Waals surface area contributed by atoms with Crippen molar-refractivity contribution in [2.75, 3.05) is 0 Å².